The number of hydrogen-bond acceptors (Lipinski definition) is 3. The van der Waals surface area contributed by atoms with Crippen molar-refractivity contribution in [3.05, 3.63) is 50.1 Å². The van der Waals surface area contributed by atoms with E-state index < -0.39 is 10.0 Å². The van der Waals surface area contributed by atoms with Crippen LogP contribution in [0, 0.1) is 0 Å². The molecule has 1 atom stereocenters. The number of nitrogens with one attached hydrogen (secondary N) is 1. The van der Waals surface area contributed by atoms with Crippen LogP contribution in [0.25, 0.3) is 0 Å². The molecule has 21 heavy (non-hydrogen) atoms. The van der Waals surface area contributed by atoms with E-state index in [0.29, 0.717) is 17.9 Å². The Morgan fingerprint density at radius 2 is 1.95 bits per heavy atom. The van der Waals surface area contributed by atoms with Crippen LogP contribution in [0.4, 0.5) is 0 Å². The summed E-state index contributed by atoms with van der Waals surface area (Å²) >= 11 is 10.9. The second kappa shape index (κ2) is 7.24. The Morgan fingerprint density at radius 1 is 1.29 bits per heavy atom. The zero-order valence-corrected chi connectivity index (χ0v) is 15.3. The van der Waals surface area contributed by atoms with E-state index in [2.05, 4.69) is 20.7 Å². The normalized spacial score (nSPS) is 13.3. The van der Waals surface area contributed by atoms with Gasteiger partial charge in [-0.05, 0) is 48.6 Å². The summed E-state index contributed by atoms with van der Waals surface area (Å²) in [7, 11) is -3.51. The van der Waals surface area contributed by atoms with Gasteiger partial charge in [0.05, 0.1) is 9.92 Å². The van der Waals surface area contributed by atoms with Crippen LogP contribution in [-0.2, 0) is 16.4 Å². The van der Waals surface area contributed by atoms with Crippen LogP contribution < -0.4 is 4.72 Å². The Labute approximate surface area is 142 Å². The minimum Gasteiger partial charge on any atom is -0.208 e. The van der Waals surface area contributed by atoms with Crippen molar-refractivity contribution in [2.24, 2.45) is 0 Å². The molecule has 114 valence electrons. The Hall–Kier alpha value is -0.400. The lowest BCUT2D eigenvalue weighted by atomic mass is 10.1. The van der Waals surface area contributed by atoms with Gasteiger partial charge < -0.3 is 0 Å². The van der Waals surface area contributed by atoms with Gasteiger partial charge in [0.15, 0.2) is 0 Å². The zero-order chi connectivity index (χ0) is 15.5. The molecule has 0 amide bonds. The predicted molar refractivity (Wildman–Crippen MR) is 91.6 cm³/mol. The monoisotopic (exact) mass is 407 g/mol. The van der Waals surface area contributed by atoms with Crippen molar-refractivity contribution in [1.82, 2.24) is 4.72 Å². The Kier molecular flexibility index (Phi) is 5.85. The number of thiophene rings is 1. The predicted octanol–water partition coefficient (Wildman–Crippen LogP) is 4.46. The Bertz CT molecular complexity index is 698. The van der Waals surface area contributed by atoms with Gasteiger partial charge in [-0.1, -0.05) is 34.5 Å². The van der Waals surface area contributed by atoms with E-state index in [1.807, 2.05) is 18.4 Å². The van der Waals surface area contributed by atoms with Gasteiger partial charge in [-0.3, -0.25) is 0 Å². The first-order valence-corrected chi connectivity index (χ1v) is 9.95. The molecule has 1 aromatic heterocycles. The maximum Gasteiger partial charge on any atom is 0.240 e. The van der Waals surface area contributed by atoms with Crippen molar-refractivity contribution in [2.75, 3.05) is 0 Å². The fraction of sp³-hybridized carbons (Fsp3) is 0.286. The minimum atomic E-state index is -3.51. The second-order valence-corrected chi connectivity index (χ2v) is 8.61. The third kappa shape index (κ3) is 4.53. The van der Waals surface area contributed by atoms with Gasteiger partial charge in [0.25, 0.3) is 0 Å². The van der Waals surface area contributed by atoms with Crippen LogP contribution in [0.15, 0.2) is 45.1 Å². The molecule has 0 radical (unpaired) electrons. The first-order valence-electron chi connectivity index (χ1n) is 6.42. The fourth-order valence-corrected chi connectivity index (χ4v) is 4.64. The second-order valence-electron chi connectivity index (χ2n) is 4.58. The standard InChI is InChI=1S/C14H15BrClNO2S2/c1-2-11(9-14-13(16)7-8-20-14)17-21(18,19)12-5-3-10(15)4-6-12/h3-8,11,17H,2,9H2,1H3. The molecule has 2 rings (SSSR count). The van der Waals surface area contributed by atoms with Crippen molar-refractivity contribution in [3.63, 3.8) is 0 Å². The zero-order valence-electron chi connectivity index (χ0n) is 11.3. The maximum absolute atomic E-state index is 12.4. The number of halogens is 2. The molecule has 1 aromatic carbocycles. The van der Waals surface area contributed by atoms with Crippen molar-refractivity contribution in [2.45, 2.75) is 30.7 Å². The van der Waals surface area contributed by atoms with Crippen molar-refractivity contribution < 1.29 is 8.42 Å². The molecule has 3 nitrogen and oxygen atoms in total. The van der Waals surface area contributed by atoms with E-state index in [-0.39, 0.29) is 10.9 Å². The van der Waals surface area contributed by atoms with Gasteiger partial charge in [0.2, 0.25) is 10.0 Å². The SMILES string of the molecule is CCC(Cc1sccc1Cl)NS(=O)(=O)c1ccc(Br)cc1. The van der Waals surface area contributed by atoms with E-state index in [0.717, 1.165) is 9.35 Å². The molecule has 0 aliphatic rings. The number of hydrogen-bond donors (Lipinski definition) is 1. The molecule has 0 saturated heterocycles. The number of rotatable bonds is 6. The number of sulfonamides is 1. The molecule has 0 spiro atoms. The van der Waals surface area contributed by atoms with Gasteiger partial charge in [0.1, 0.15) is 0 Å². The molecule has 0 bridgehead atoms. The molecule has 0 fully saturated rings. The van der Waals surface area contributed by atoms with E-state index >= 15 is 0 Å². The van der Waals surface area contributed by atoms with Gasteiger partial charge in [0, 0.05) is 15.4 Å². The van der Waals surface area contributed by atoms with Gasteiger partial charge >= 0.3 is 0 Å². The van der Waals surface area contributed by atoms with E-state index in [1.165, 1.54) is 0 Å². The molecule has 1 N–H and O–H groups in total. The van der Waals surface area contributed by atoms with Crippen molar-refractivity contribution >= 4 is 48.9 Å². The summed E-state index contributed by atoms with van der Waals surface area (Å²) in [6.07, 6.45) is 1.30. The molecule has 1 heterocycles. The lowest BCUT2D eigenvalue weighted by Gasteiger charge is -2.16. The first kappa shape index (κ1) is 17.0. The quantitative estimate of drug-likeness (QED) is 0.767. The van der Waals surface area contributed by atoms with Gasteiger partial charge in [-0.15, -0.1) is 11.3 Å². The van der Waals surface area contributed by atoms with Crippen LogP contribution in [0.2, 0.25) is 5.02 Å². The third-order valence-electron chi connectivity index (χ3n) is 3.06. The molecule has 7 heteroatoms. The first-order chi connectivity index (χ1) is 9.92. The lowest BCUT2D eigenvalue weighted by molar-refractivity contribution is 0.538. The summed E-state index contributed by atoms with van der Waals surface area (Å²) in [5, 5.41) is 2.61. The highest BCUT2D eigenvalue weighted by atomic mass is 79.9. The topological polar surface area (TPSA) is 46.2 Å². The van der Waals surface area contributed by atoms with Crippen molar-refractivity contribution in [3.8, 4) is 0 Å². The van der Waals surface area contributed by atoms with E-state index in [1.54, 1.807) is 35.6 Å². The summed E-state index contributed by atoms with van der Waals surface area (Å²) in [5.74, 6) is 0. The highest BCUT2D eigenvalue weighted by Crippen LogP contribution is 2.24. The van der Waals surface area contributed by atoms with Crippen molar-refractivity contribution in [1.29, 1.82) is 0 Å². The summed E-state index contributed by atoms with van der Waals surface area (Å²) in [6.45, 7) is 1.95. The molecule has 0 aliphatic heterocycles. The Balaban J connectivity index is 2.13. The maximum atomic E-state index is 12.4. The Morgan fingerprint density at radius 3 is 2.48 bits per heavy atom. The average molecular weight is 409 g/mol. The van der Waals surface area contributed by atoms with Crippen LogP contribution in [0.5, 0.6) is 0 Å². The van der Waals surface area contributed by atoms with E-state index in [9.17, 15) is 8.42 Å². The van der Waals surface area contributed by atoms with Gasteiger partial charge in [-0.2, -0.15) is 0 Å². The molecule has 1 unspecified atom stereocenters. The third-order valence-corrected chi connectivity index (χ3v) is 6.54. The molecule has 0 saturated carbocycles. The largest absolute Gasteiger partial charge is 0.240 e. The molecular formula is C14H15BrClNO2S2. The lowest BCUT2D eigenvalue weighted by Crippen LogP contribution is -2.35. The summed E-state index contributed by atoms with van der Waals surface area (Å²) in [6, 6.07) is 8.25. The highest BCUT2D eigenvalue weighted by Gasteiger charge is 2.20. The summed E-state index contributed by atoms with van der Waals surface area (Å²) in [4.78, 5) is 1.27. The fourth-order valence-electron chi connectivity index (χ4n) is 1.87. The van der Waals surface area contributed by atoms with Crippen LogP contribution in [-0.4, -0.2) is 14.5 Å². The molecule has 0 aliphatic carbocycles. The summed E-state index contributed by atoms with van der Waals surface area (Å²) < 4.78 is 28.3. The van der Waals surface area contributed by atoms with Gasteiger partial charge in [-0.25, -0.2) is 13.1 Å². The van der Waals surface area contributed by atoms with Crippen LogP contribution in [0.3, 0.4) is 0 Å². The highest BCUT2D eigenvalue weighted by molar-refractivity contribution is 9.10. The summed E-state index contributed by atoms with van der Waals surface area (Å²) in [5.41, 5.74) is 0. The smallest absolute Gasteiger partial charge is 0.208 e. The minimum absolute atomic E-state index is 0.171. The molecular weight excluding hydrogens is 394 g/mol. The molecule has 2 aromatic rings. The number of benzene rings is 1. The average Bonchev–Trinajstić information content (AvgIpc) is 2.83. The van der Waals surface area contributed by atoms with Crippen LogP contribution in [0.1, 0.15) is 18.2 Å². The van der Waals surface area contributed by atoms with Crippen LogP contribution >= 0.6 is 38.9 Å². The van der Waals surface area contributed by atoms with E-state index in [4.69, 9.17) is 11.6 Å².